The smallest absolute Gasteiger partial charge is 0.243 e. The zero-order valence-electron chi connectivity index (χ0n) is 14.1. The first-order chi connectivity index (χ1) is 11.5. The molecule has 0 spiro atoms. The van der Waals surface area contributed by atoms with E-state index in [1.165, 1.54) is 11.1 Å². The summed E-state index contributed by atoms with van der Waals surface area (Å²) in [5.41, 5.74) is 8.34. The molecule has 0 unspecified atom stereocenters. The van der Waals surface area contributed by atoms with Crippen LogP contribution in [0.4, 0.5) is 5.69 Å². The van der Waals surface area contributed by atoms with E-state index >= 15 is 0 Å². The molecular formula is C18H23N3O3. The lowest BCUT2D eigenvalue weighted by Gasteiger charge is -2.18. The van der Waals surface area contributed by atoms with Crippen LogP contribution in [0.15, 0.2) is 18.2 Å². The van der Waals surface area contributed by atoms with Gasteiger partial charge in [-0.2, -0.15) is 0 Å². The molecule has 1 atom stereocenters. The SMILES string of the molecule is CC(C)C(=O)NNC(=O)[C@H]1CC(=O)N(c2ccc3c(c2)CCC3)C1. The van der Waals surface area contributed by atoms with Crippen molar-refractivity contribution in [3.8, 4) is 0 Å². The van der Waals surface area contributed by atoms with Crippen molar-refractivity contribution in [2.24, 2.45) is 11.8 Å². The molecule has 0 saturated carbocycles. The first-order valence-corrected chi connectivity index (χ1v) is 8.47. The number of benzene rings is 1. The Kier molecular flexibility index (Phi) is 4.55. The summed E-state index contributed by atoms with van der Waals surface area (Å²) < 4.78 is 0. The van der Waals surface area contributed by atoms with Crippen molar-refractivity contribution in [1.29, 1.82) is 0 Å². The van der Waals surface area contributed by atoms with E-state index < -0.39 is 5.92 Å². The standard InChI is InChI=1S/C18H23N3O3/c1-11(2)17(23)19-20-18(24)14-9-16(22)21(10-14)15-7-6-12-4-3-5-13(12)8-15/h6-8,11,14H,3-5,9-10H2,1-2H3,(H,19,23)(H,20,24)/t14-/m0/s1. The average molecular weight is 329 g/mol. The molecule has 2 N–H and O–H groups in total. The number of nitrogens with zero attached hydrogens (tertiary/aromatic N) is 1. The number of aryl methyl sites for hydroxylation is 2. The Balaban J connectivity index is 1.63. The highest BCUT2D eigenvalue weighted by atomic mass is 16.2. The van der Waals surface area contributed by atoms with E-state index in [4.69, 9.17) is 0 Å². The number of carbonyl (C=O) groups is 3. The van der Waals surface area contributed by atoms with Crippen LogP contribution in [0.1, 0.15) is 37.8 Å². The topological polar surface area (TPSA) is 78.5 Å². The van der Waals surface area contributed by atoms with Crippen LogP contribution in [0.25, 0.3) is 0 Å². The zero-order chi connectivity index (χ0) is 17.3. The van der Waals surface area contributed by atoms with Crippen molar-refractivity contribution in [2.75, 3.05) is 11.4 Å². The monoisotopic (exact) mass is 329 g/mol. The number of fused-ring (bicyclic) bond motifs is 1. The largest absolute Gasteiger partial charge is 0.312 e. The molecule has 0 bridgehead atoms. The van der Waals surface area contributed by atoms with Gasteiger partial charge in [0, 0.05) is 24.6 Å². The van der Waals surface area contributed by atoms with Crippen LogP contribution < -0.4 is 15.8 Å². The summed E-state index contributed by atoms with van der Waals surface area (Å²) >= 11 is 0. The molecule has 1 fully saturated rings. The van der Waals surface area contributed by atoms with E-state index in [0.29, 0.717) is 6.54 Å². The lowest BCUT2D eigenvalue weighted by atomic mass is 10.1. The molecule has 1 aliphatic heterocycles. The number of hydrazine groups is 1. The third-order valence-corrected chi connectivity index (χ3v) is 4.72. The fourth-order valence-corrected chi connectivity index (χ4v) is 3.23. The van der Waals surface area contributed by atoms with Crippen LogP contribution in [0.3, 0.4) is 0 Å². The van der Waals surface area contributed by atoms with Crippen LogP contribution >= 0.6 is 0 Å². The second-order valence-corrected chi connectivity index (χ2v) is 6.85. The number of anilines is 1. The Bertz CT molecular complexity index is 684. The molecule has 0 radical (unpaired) electrons. The number of nitrogens with one attached hydrogen (secondary N) is 2. The van der Waals surface area contributed by atoms with E-state index in [2.05, 4.69) is 23.0 Å². The van der Waals surface area contributed by atoms with Gasteiger partial charge in [-0.1, -0.05) is 19.9 Å². The molecule has 6 heteroatoms. The van der Waals surface area contributed by atoms with Gasteiger partial charge in [0.15, 0.2) is 0 Å². The van der Waals surface area contributed by atoms with E-state index in [-0.39, 0.29) is 30.1 Å². The second-order valence-electron chi connectivity index (χ2n) is 6.85. The normalized spacial score (nSPS) is 19.5. The lowest BCUT2D eigenvalue weighted by molar-refractivity contribution is -0.132. The molecule has 24 heavy (non-hydrogen) atoms. The van der Waals surface area contributed by atoms with Gasteiger partial charge < -0.3 is 4.90 Å². The molecule has 1 aliphatic carbocycles. The number of hydrogen-bond acceptors (Lipinski definition) is 3. The van der Waals surface area contributed by atoms with Gasteiger partial charge >= 0.3 is 0 Å². The quantitative estimate of drug-likeness (QED) is 0.821. The van der Waals surface area contributed by atoms with Crippen molar-refractivity contribution in [2.45, 2.75) is 39.5 Å². The van der Waals surface area contributed by atoms with Crippen molar-refractivity contribution >= 4 is 23.4 Å². The highest BCUT2D eigenvalue weighted by Gasteiger charge is 2.35. The van der Waals surface area contributed by atoms with Gasteiger partial charge in [-0.25, -0.2) is 0 Å². The van der Waals surface area contributed by atoms with Crippen molar-refractivity contribution in [3.63, 3.8) is 0 Å². The second kappa shape index (κ2) is 6.63. The van der Waals surface area contributed by atoms with Crippen LogP contribution in [0, 0.1) is 11.8 Å². The summed E-state index contributed by atoms with van der Waals surface area (Å²) in [6, 6.07) is 6.12. The number of rotatable bonds is 3. The molecule has 1 heterocycles. The molecule has 1 aromatic rings. The lowest BCUT2D eigenvalue weighted by Crippen LogP contribution is -2.46. The van der Waals surface area contributed by atoms with Crippen LogP contribution in [0.2, 0.25) is 0 Å². The molecule has 128 valence electrons. The maximum absolute atomic E-state index is 12.3. The van der Waals surface area contributed by atoms with Gasteiger partial charge in [0.1, 0.15) is 0 Å². The highest BCUT2D eigenvalue weighted by molar-refractivity contribution is 6.00. The molecule has 3 amide bonds. The van der Waals surface area contributed by atoms with Gasteiger partial charge in [-0.05, 0) is 42.5 Å². The molecule has 2 aliphatic rings. The molecule has 6 nitrogen and oxygen atoms in total. The fraction of sp³-hybridized carbons (Fsp3) is 0.500. The Hall–Kier alpha value is -2.37. The molecular weight excluding hydrogens is 306 g/mol. The summed E-state index contributed by atoms with van der Waals surface area (Å²) in [4.78, 5) is 37.7. The van der Waals surface area contributed by atoms with E-state index in [1.807, 2.05) is 6.07 Å². The average Bonchev–Trinajstić information content (AvgIpc) is 3.17. The minimum absolute atomic E-state index is 0.0525. The van der Waals surface area contributed by atoms with E-state index in [9.17, 15) is 14.4 Å². The van der Waals surface area contributed by atoms with E-state index in [0.717, 1.165) is 24.9 Å². The molecule has 3 rings (SSSR count). The third kappa shape index (κ3) is 3.27. The van der Waals surface area contributed by atoms with Gasteiger partial charge in [-0.3, -0.25) is 25.2 Å². The first kappa shape index (κ1) is 16.5. The molecule has 0 aromatic heterocycles. The summed E-state index contributed by atoms with van der Waals surface area (Å²) in [7, 11) is 0. The van der Waals surface area contributed by atoms with Crippen molar-refractivity contribution in [1.82, 2.24) is 10.9 Å². The Morgan fingerprint density at radius 1 is 1.17 bits per heavy atom. The number of hydrogen-bond donors (Lipinski definition) is 2. The molecule has 1 aromatic carbocycles. The summed E-state index contributed by atoms with van der Waals surface area (Å²) in [6.45, 7) is 3.84. The van der Waals surface area contributed by atoms with Crippen molar-refractivity contribution < 1.29 is 14.4 Å². The Labute approximate surface area is 141 Å². The Morgan fingerprint density at radius 3 is 2.67 bits per heavy atom. The van der Waals surface area contributed by atoms with Crippen LogP contribution in [-0.4, -0.2) is 24.3 Å². The highest BCUT2D eigenvalue weighted by Crippen LogP contribution is 2.30. The maximum atomic E-state index is 12.3. The van der Waals surface area contributed by atoms with Gasteiger partial charge in [0.05, 0.1) is 5.92 Å². The van der Waals surface area contributed by atoms with Gasteiger partial charge in [0.25, 0.3) is 0 Å². The number of amides is 3. The van der Waals surface area contributed by atoms with Crippen molar-refractivity contribution in [3.05, 3.63) is 29.3 Å². The minimum Gasteiger partial charge on any atom is -0.312 e. The van der Waals surface area contributed by atoms with E-state index in [1.54, 1.807) is 18.7 Å². The zero-order valence-corrected chi connectivity index (χ0v) is 14.1. The number of carbonyl (C=O) groups excluding carboxylic acids is 3. The predicted molar refractivity (Wildman–Crippen MR) is 90.1 cm³/mol. The van der Waals surface area contributed by atoms with Crippen LogP contribution in [-0.2, 0) is 27.2 Å². The Morgan fingerprint density at radius 2 is 1.92 bits per heavy atom. The summed E-state index contributed by atoms with van der Waals surface area (Å²) in [5.74, 6) is -1.27. The molecule has 1 saturated heterocycles. The third-order valence-electron chi connectivity index (χ3n) is 4.72. The summed E-state index contributed by atoms with van der Waals surface area (Å²) in [6.07, 6.45) is 3.48. The predicted octanol–water partition coefficient (Wildman–Crippen LogP) is 1.33. The minimum atomic E-state index is -0.446. The first-order valence-electron chi connectivity index (χ1n) is 8.47. The van der Waals surface area contributed by atoms with Crippen LogP contribution in [0.5, 0.6) is 0 Å². The van der Waals surface area contributed by atoms with Gasteiger partial charge in [0.2, 0.25) is 17.7 Å². The van der Waals surface area contributed by atoms with Gasteiger partial charge in [-0.15, -0.1) is 0 Å². The fourth-order valence-electron chi connectivity index (χ4n) is 3.23. The maximum Gasteiger partial charge on any atom is 0.243 e. The summed E-state index contributed by atoms with van der Waals surface area (Å²) in [5, 5.41) is 0.